The van der Waals surface area contributed by atoms with Gasteiger partial charge in [-0.3, -0.25) is 29.2 Å². The van der Waals surface area contributed by atoms with E-state index in [9.17, 15) is 44.7 Å². The number of halogens is 9. The maximum absolute atomic E-state index is 14.9. The average molecular weight is 890 g/mol. The number of aromatic nitrogens is 5. The van der Waals surface area contributed by atoms with Gasteiger partial charge in [-0.15, -0.1) is 0 Å². The average Bonchev–Trinajstić information content (AvgIpc) is 3.95. The van der Waals surface area contributed by atoms with Crippen LogP contribution in [0.3, 0.4) is 0 Å². The van der Waals surface area contributed by atoms with Gasteiger partial charge in [-0.1, -0.05) is 23.7 Å². The van der Waals surface area contributed by atoms with Crippen LogP contribution in [0.5, 0.6) is 0 Å². The minimum absolute atomic E-state index is 0.0178. The molecule has 3 aromatic heterocycles. The Bertz CT molecular complexity index is 2640. The molecule has 1 unspecified atom stereocenters. The summed E-state index contributed by atoms with van der Waals surface area (Å²) in [7, 11) is 0. The van der Waals surface area contributed by atoms with Crippen molar-refractivity contribution in [2.24, 2.45) is 0 Å². The molecule has 3 heterocycles. The number of pyridine rings is 1. The first-order valence-corrected chi connectivity index (χ1v) is 19.6. The van der Waals surface area contributed by atoms with Gasteiger partial charge in [0.05, 0.1) is 51.1 Å². The van der Waals surface area contributed by atoms with Crippen molar-refractivity contribution in [2.75, 3.05) is 11.9 Å². The van der Waals surface area contributed by atoms with Crippen molar-refractivity contribution in [3.63, 3.8) is 0 Å². The van der Waals surface area contributed by atoms with Crippen molar-refractivity contribution in [2.45, 2.75) is 56.4 Å². The van der Waals surface area contributed by atoms with Crippen molar-refractivity contribution >= 4 is 51.9 Å². The monoisotopic (exact) mass is 889 g/mol. The second-order valence-corrected chi connectivity index (χ2v) is 15.3. The molecule has 1 fully saturated rings. The van der Waals surface area contributed by atoms with Gasteiger partial charge in [0, 0.05) is 29.5 Å². The van der Waals surface area contributed by atoms with E-state index < -0.39 is 79.3 Å². The number of hydrogen-bond donors (Lipinski definition) is 4. The van der Waals surface area contributed by atoms with E-state index in [1.54, 1.807) is 24.3 Å². The number of rotatable bonds is 16. The smallest absolute Gasteiger partial charge is 0.282 e. The fourth-order valence-electron chi connectivity index (χ4n) is 6.50. The Morgan fingerprint density at radius 3 is 2.36 bits per heavy atom. The summed E-state index contributed by atoms with van der Waals surface area (Å²) >= 11 is 7.84. The SMILES string of the molecule is N=C(NSC1CC1)c1c(Cl)ccc(-n2c(C(Cc3cc(F)cc(F)c3)NC(=O)Cn3nc(C(F)F)cc3C(F)F)nc3cc(-c4ccccn4)ccc3c2=O)c1NCC(F)F. The first-order chi connectivity index (χ1) is 29.2. The molecule has 1 aliphatic rings. The Morgan fingerprint density at radius 1 is 0.951 bits per heavy atom. The summed E-state index contributed by atoms with van der Waals surface area (Å²) in [5.41, 5.74) is -2.50. The number of alkyl halides is 6. The van der Waals surface area contributed by atoms with Crippen LogP contribution in [0.25, 0.3) is 27.8 Å². The van der Waals surface area contributed by atoms with Crippen molar-refractivity contribution in [3.05, 3.63) is 134 Å². The predicted octanol–water partition coefficient (Wildman–Crippen LogP) is 8.95. The molecular formula is C40H32ClF8N9O2S. The zero-order valence-electron chi connectivity index (χ0n) is 31.3. The Morgan fingerprint density at radius 2 is 1.70 bits per heavy atom. The van der Waals surface area contributed by atoms with Gasteiger partial charge in [-0.05, 0) is 85.0 Å². The van der Waals surface area contributed by atoms with Crippen LogP contribution in [-0.2, 0) is 17.8 Å². The molecule has 1 aliphatic carbocycles. The van der Waals surface area contributed by atoms with Crippen LogP contribution in [0.15, 0.2) is 83.8 Å². The number of carbonyl (C=O) groups is 1. The van der Waals surface area contributed by atoms with E-state index in [0.717, 1.165) is 29.5 Å². The summed E-state index contributed by atoms with van der Waals surface area (Å²) in [5, 5.41) is 17.6. The van der Waals surface area contributed by atoms with Crippen molar-refractivity contribution in [3.8, 4) is 16.9 Å². The fraction of sp³-hybridized carbons (Fsp3) is 0.250. The topological polar surface area (TPSA) is 143 Å². The first kappa shape index (κ1) is 43.1. The van der Waals surface area contributed by atoms with E-state index >= 15 is 0 Å². The number of hydrogen-bond acceptors (Lipinski definition) is 8. The number of nitrogens with one attached hydrogen (secondary N) is 4. The highest BCUT2D eigenvalue weighted by Crippen LogP contribution is 2.36. The van der Waals surface area contributed by atoms with Gasteiger partial charge in [0.1, 0.15) is 41.2 Å². The minimum Gasteiger partial charge on any atom is -0.377 e. The maximum Gasteiger partial charge on any atom is 0.282 e. The Balaban J connectivity index is 1.46. The van der Waals surface area contributed by atoms with Crippen molar-refractivity contribution in [1.29, 1.82) is 5.41 Å². The number of nitrogens with zero attached hydrogens (tertiary/aromatic N) is 5. The molecule has 0 spiro atoms. The van der Waals surface area contributed by atoms with Gasteiger partial charge in [0.2, 0.25) is 5.91 Å². The van der Waals surface area contributed by atoms with Crippen LogP contribution in [0.4, 0.5) is 40.8 Å². The van der Waals surface area contributed by atoms with Crippen LogP contribution in [-0.4, -0.2) is 54.3 Å². The molecule has 11 nitrogen and oxygen atoms in total. The van der Waals surface area contributed by atoms with Crippen LogP contribution < -0.4 is 20.9 Å². The quantitative estimate of drug-likeness (QED) is 0.0327. The van der Waals surface area contributed by atoms with E-state index in [0.29, 0.717) is 28.1 Å². The molecule has 318 valence electrons. The molecule has 0 aliphatic heterocycles. The van der Waals surface area contributed by atoms with E-state index in [2.05, 4.69) is 25.4 Å². The largest absolute Gasteiger partial charge is 0.377 e. The van der Waals surface area contributed by atoms with Crippen LogP contribution in [0, 0.1) is 17.0 Å². The number of benzene rings is 3. The van der Waals surface area contributed by atoms with Crippen LogP contribution in [0.1, 0.15) is 60.1 Å². The number of amides is 1. The van der Waals surface area contributed by atoms with E-state index in [-0.39, 0.29) is 55.3 Å². The third kappa shape index (κ3) is 9.97. The number of fused-ring (bicyclic) bond motifs is 1. The van der Waals surface area contributed by atoms with E-state index in [1.165, 1.54) is 42.4 Å². The summed E-state index contributed by atoms with van der Waals surface area (Å²) in [6.45, 7) is -2.04. The lowest BCUT2D eigenvalue weighted by Gasteiger charge is -2.26. The highest BCUT2D eigenvalue weighted by Gasteiger charge is 2.30. The van der Waals surface area contributed by atoms with E-state index in [1.807, 2.05) is 0 Å². The molecule has 0 radical (unpaired) electrons. The normalized spacial score (nSPS) is 13.3. The number of carbonyl (C=O) groups excluding carboxylic acids is 1. The standard InChI is InChI=1S/C40H32ClF8N9O2S/c41-25-8-9-30(35(52-17-32(44)45)34(25)38(50)56-61-23-5-6-23)58-39(54-27-14-20(4-7-24(27)40(58)60)26-3-1-2-10-51-26)29(13-19-11-21(42)15-22(43)12-19)53-33(59)18-57-31(37(48)49)16-28(55-57)36(46)47/h1-4,7-12,14-16,23,29,32,36-37,52H,5-6,13,17-18H2,(H2,50,56)(H,53,59). The first-order valence-electron chi connectivity index (χ1n) is 18.4. The molecule has 1 amide bonds. The lowest BCUT2D eigenvalue weighted by atomic mass is 10.0. The zero-order chi connectivity index (χ0) is 43.5. The van der Waals surface area contributed by atoms with Gasteiger partial charge in [-0.2, -0.15) is 5.10 Å². The minimum atomic E-state index is -3.33. The fourth-order valence-corrected chi connectivity index (χ4v) is 7.52. The predicted molar refractivity (Wildman–Crippen MR) is 214 cm³/mol. The Kier molecular flexibility index (Phi) is 12.9. The summed E-state index contributed by atoms with van der Waals surface area (Å²) in [6.07, 6.45) is -6.78. The van der Waals surface area contributed by atoms with Crippen molar-refractivity contribution in [1.82, 2.24) is 34.4 Å². The molecule has 4 N–H and O–H groups in total. The van der Waals surface area contributed by atoms with Crippen molar-refractivity contribution < 1.29 is 39.9 Å². The lowest BCUT2D eigenvalue weighted by Crippen LogP contribution is -2.38. The maximum atomic E-state index is 14.9. The molecule has 1 atom stereocenters. The summed E-state index contributed by atoms with van der Waals surface area (Å²) in [4.78, 5) is 37.9. The Labute approximate surface area is 350 Å². The van der Waals surface area contributed by atoms with Crippen LogP contribution >= 0.6 is 23.5 Å². The van der Waals surface area contributed by atoms with Gasteiger partial charge < -0.3 is 15.4 Å². The second kappa shape index (κ2) is 18.3. The van der Waals surface area contributed by atoms with Crippen LogP contribution in [0.2, 0.25) is 5.02 Å². The molecular weight excluding hydrogens is 858 g/mol. The van der Waals surface area contributed by atoms with Gasteiger partial charge in [-0.25, -0.2) is 40.1 Å². The molecule has 0 bridgehead atoms. The second-order valence-electron chi connectivity index (χ2n) is 13.8. The number of anilines is 1. The van der Waals surface area contributed by atoms with E-state index in [4.69, 9.17) is 22.0 Å². The third-order valence-electron chi connectivity index (χ3n) is 9.34. The highest BCUT2D eigenvalue weighted by atomic mass is 35.5. The molecule has 6 aromatic rings. The molecule has 21 heteroatoms. The summed E-state index contributed by atoms with van der Waals surface area (Å²) in [6, 6.07) is 13.5. The molecule has 61 heavy (non-hydrogen) atoms. The van der Waals surface area contributed by atoms with Gasteiger partial charge in [0.25, 0.3) is 24.8 Å². The molecule has 1 saturated carbocycles. The lowest BCUT2D eigenvalue weighted by molar-refractivity contribution is -0.122. The highest BCUT2D eigenvalue weighted by molar-refractivity contribution is 7.98. The number of amidine groups is 1. The third-order valence-corrected chi connectivity index (χ3v) is 10.8. The van der Waals surface area contributed by atoms with Gasteiger partial charge >= 0.3 is 0 Å². The molecule has 3 aromatic carbocycles. The Hall–Kier alpha value is -6.02. The summed E-state index contributed by atoms with van der Waals surface area (Å²) in [5.74, 6) is -3.83. The molecule has 0 saturated heterocycles. The summed E-state index contributed by atoms with van der Waals surface area (Å²) < 4.78 is 116. The molecule has 7 rings (SSSR count). The van der Waals surface area contributed by atoms with Gasteiger partial charge in [0.15, 0.2) is 0 Å². The zero-order valence-corrected chi connectivity index (χ0v) is 32.9.